The van der Waals surface area contributed by atoms with Gasteiger partial charge >= 0.3 is 5.97 Å². The van der Waals surface area contributed by atoms with Crippen molar-refractivity contribution >= 4 is 5.97 Å². The van der Waals surface area contributed by atoms with E-state index in [1.165, 1.54) is 12.1 Å². The number of esters is 1. The molecule has 0 saturated carbocycles. The molecule has 4 heteroatoms. The molecule has 0 N–H and O–H groups in total. The van der Waals surface area contributed by atoms with Gasteiger partial charge in [-0.1, -0.05) is 6.07 Å². The second-order valence-electron chi connectivity index (χ2n) is 3.98. The van der Waals surface area contributed by atoms with Crippen molar-refractivity contribution in [1.29, 1.82) is 0 Å². The van der Waals surface area contributed by atoms with E-state index < -0.39 is 0 Å². The van der Waals surface area contributed by atoms with E-state index in [1.807, 2.05) is 0 Å². The minimum Gasteiger partial charge on any atom is -0.493 e. The van der Waals surface area contributed by atoms with Crippen LogP contribution in [0.4, 0.5) is 4.39 Å². The molecule has 3 nitrogen and oxygen atoms in total. The van der Waals surface area contributed by atoms with Gasteiger partial charge in [-0.15, -0.1) is 0 Å². The zero-order chi connectivity index (χ0) is 12.3. The summed E-state index contributed by atoms with van der Waals surface area (Å²) in [5.74, 6) is -0.493. The van der Waals surface area contributed by atoms with Gasteiger partial charge in [0.1, 0.15) is 11.6 Å². The molecule has 1 atom stereocenters. The van der Waals surface area contributed by atoms with Crippen molar-refractivity contribution in [3.63, 3.8) is 0 Å². The van der Waals surface area contributed by atoms with Crippen LogP contribution in [0, 0.1) is 5.82 Å². The summed E-state index contributed by atoms with van der Waals surface area (Å²) in [6, 6.07) is 4.28. The van der Waals surface area contributed by atoms with E-state index in [-0.39, 0.29) is 17.7 Å². The summed E-state index contributed by atoms with van der Waals surface area (Å²) in [7, 11) is 0. The molecule has 0 aromatic heterocycles. The van der Waals surface area contributed by atoms with Crippen molar-refractivity contribution in [3.8, 4) is 5.75 Å². The van der Waals surface area contributed by atoms with Crippen molar-refractivity contribution in [2.45, 2.75) is 25.7 Å². The standard InChI is InChI=1S/C13H15FO3/c1-2-16-13(15)11-4-3-7-17-12-8-9(14)5-6-10(11)12/h5-6,8,11H,2-4,7H2,1H3. The van der Waals surface area contributed by atoms with Gasteiger partial charge in [-0.2, -0.15) is 0 Å². The van der Waals surface area contributed by atoms with Crippen LogP contribution in [0.25, 0.3) is 0 Å². The number of benzene rings is 1. The molecule has 0 aliphatic carbocycles. The number of hydrogen-bond acceptors (Lipinski definition) is 3. The molecule has 1 aromatic rings. The van der Waals surface area contributed by atoms with E-state index in [0.29, 0.717) is 25.4 Å². The van der Waals surface area contributed by atoms with Crippen molar-refractivity contribution in [2.75, 3.05) is 13.2 Å². The molecule has 1 heterocycles. The molecule has 92 valence electrons. The fraction of sp³-hybridized carbons (Fsp3) is 0.462. The van der Waals surface area contributed by atoms with Crippen LogP contribution in [0.5, 0.6) is 5.75 Å². The van der Waals surface area contributed by atoms with E-state index >= 15 is 0 Å². The third kappa shape index (κ3) is 2.57. The first-order valence-electron chi connectivity index (χ1n) is 5.81. The van der Waals surface area contributed by atoms with Crippen LogP contribution >= 0.6 is 0 Å². The highest BCUT2D eigenvalue weighted by Crippen LogP contribution is 2.34. The van der Waals surface area contributed by atoms with E-state index in [2.05, 4.69) is 0 Å². The maximum absolute atomic E-state index is 13.1. The maximum atomic E-state index is 13.1. The highest BCUT2D eigenvalue weighted by atomic mass is 19.1. The lowest BCUT2D eigenvalue weighted by Gasteiger charge is -2.14. The summed E-state index contributed by atoms with van der Waals surface area (Å²) in [4.78, 5) is 11.8. The summed E-state index contributed by atoms with van der Waals surface area (Å²) in [6.45, 7) is 2.63. The molecule has 0 bridgehead atoms. The Bertz CT molecular complexity index is 417. The van der Waals surface area contributed by atoms with Crippen LogP contribution in [0.1, 0.15) is 31.2 Å². The predicted molar refractivity (Wildman–Crippen MR) is 60.5 cm³/mol. The van der Waals surface area contributed by atoms with Crippen molar-refractivity contribution < 1.29 is 18.7 Å². The van der Waals surface area contributed by atoms with Gasteiger partial charge in [0.15, 0.2) is 0 Å². The van der Waals surface area contributed by atoms with E-state index in [9.17, 15) is 9.18 Å². The number of rotatable bonds is 2. The summed E-state index contributed by atoms with van der Waals surface area (Å²) in [6.07, 6.45) is 1.44. The Kier molecular flexibility index (Phi) is 3.61. The molecule has 1 aliphatic rings. The molecule has 17 heavy (non-hydrogen) atoms. The van der Waals surface area contributed by atoms with Gasteiger partial charge in [0.2, 0.25) is 0 Å². The van der Waals surface area contributed by atoms with Gasteiger partial charge in [0.25, 0.3) is 0 Å². The normalized spacial score (nSPS) is 18.8. The number of hydrogen-bond donors (Lipinski definition) is 0. The third-order valence-corrected chi connectivity index (χ3v) is 2.82. The van der Waals surface area contributed by atoms with Gasteiger partial charge in [0.05, 0.1) is 19.1 Å². The minimum absolute atomic E-state index is 0.258. The number of ether oxygens (including phenoxy) is 2. The first kappa shape index (κ1) is 11.9. The Morgan fingerprint density at radius 3 is 3.18 bits per heavy atom. The molecular formula is C13H15FO3. The Morgan fingerprint density at radius 1 is 1.59 bits per heavy atom. The Balaban J connectivity index is 2.33. The monoisotopic (exact) mass is 238 g/mol. The lowest BCUT2D eigenvalue weighted by molar-refractivity contribution is -0.145. The van der Waals surface area contributed by atoms with Gasteiger partial charge in [-0.25, -0.2) is 4.39 Å². The molecule has 0 radical (unpaired) electrons. The average Bonchev–Trinajstić information content (AvgIpc) is 2.51. The van der Waals surface area contributed by atoms with Crippen LogP contribution in [0.2, 0.25) is 0 Å². The quantitative estimate of drug-likeness (QED) is 0.743. The van der Waals surface area contributed by atoms with Gasteiger partial charge < -0.3 is 9.47 Å². The molecule has 2 rings (SSSR count). The number of fused-ring (bicyclic) bond motifs is 1. The zero-order valence-electron chi connectivity index (χ0n) is 9.74. The van der Waals surface area contributed by atoms with Gasteiger partial charge in [-0.05, 0) is 25.8 Å². The highest BCUT2D eigenvalue weighted by Gasteiger charge is 2.27. The Hall–Kier alpha value is -1.58. The number of halogens is 1. The van der Waals surface area contributed by atoms with Crippen LogP contribution < -0.4 is 4.74 Å². The third-order valence-electron chi connectivity index (χ3n) is 2.82. The Morgan fingerprint density at radius 2 is 2.41 bits per heavy atom. The first-order chi connectivity index (χ1) is 8.22. The molecule has 1 aliphatic heterocycles. The van der Waals surface area contributed by atoms with Crippen molar-refractivity contribution in [1.82, 2.24) is 0 Å². The molecular weight excluding hydrogens is 223 g/mol. The lowest BCUT2D eigenvalue weighted by atomic mass is 9.94. The fourth-order valence-electron chi connectivity index (χ4n) is 2.03. The maximum Gasteiger partial charge on any atom is 0.313 e. The number of carbonyl (C=O) groups is 1. The van der Waals surface area contributed by atoms with Gasteiger partial charge in [0, 0.05) is 11.6 Å². The molecule has 0 saturated heterocycles. The van der Waals surface area contributed by atoms with Crippen LogP contribution in [0.3, 0.4) is 0 Å². The van der Waals surface area contributed by atoms with Crippen LogP contribution in [-0.2, 0) is 9.53 Å². The summed E-state index contributed by atoms with van der Waals surface area (Å²) in [5, 5.41) is 0. The number of carbonyl (C=O) groups excluding carboxylic acids is 1. The molecule has 1 aromatic carbocycles. The smallest absolute Gasteiger partial charge is 0.313 e. The SMILES string of the molecule is CCOC(=O)C1CCCOc2cc(F)ccc21. The van der Waals surface area contributed by atoms with E-state index in [0.717, 1.165) is 12.0 Å². The van der Waals surface area contributed by atoms with Crippen LogP contribution in [0.15, 0.2) is 18.2 Å². The summed E-state index contributed by atoms with van der Waals surface area (Å²) >= 11 is 0. The molecule has 1 unspecified atom stereocenters. The second-order valence-corrected chi connectivity index (χ2v) is 3.98. The highest BCUT2D eigenvalue weighted by molar-refractivity contribution is 5.79. The molecule has 0 spiro atoms. The first-order valence-corrected chi connectivity index (χ1v) is 5.81. The van der Waals surface area contributed by atoms with E-state index in [4.69, 9.17) is 9.47 Å². The van der Waals surface area contributed by atoms with Crippen LogP contribution in [-0.4, -0.2) is 19.2 Å². The zero-order valence-corrected chi connectivity index (χ0v) is 9.74. The summed E-state index contributed by atoms with van der Waals surface area (Å²) in [5.41, 5.74) is 0.724. The largest absolute Gasteiger partial charge is 0.493 e. The predicted octanol–water partition coefficient (Wildman–Crippen LogP) is 2.65. The molecule has 0 fully saturated rings. The minimum atomic E-state index is -0.353. The van der Waals surface area contributed by atoms with Crippen molar-refractivity contribution in [2.24, 2.45) is 0 Å². The summed E-state index contributed by atoms with van der Waals surface area (Å²) < 4.78 is 23.6. The van der Waals surface area contributed by atoms with E-state index in [1.54, 1.807) is 13.0 Å². The van der Waals surface area contributed by atoms with Gasteiger partial charge in [-0.3, -0.25) is 4.79 Å². The average molecular weight is 238 g/mol. The molecule has 0 amide bonds. The topological polar surface area (TPSA) is 35.5 Å². The second kappa shape index (κ2) is 5.17. The Labute approximate surface area is 99.5 Å². The fourth-order valence-corrected chi connectivity index (χ4v) is 2.03. The van der Waals surface area contributed by atoms with Crippen molar-refractivity contribution in [3.05, 3.63) is 29.6 Å². The lowest BCUT2D eigenvalue weighted by Crippen LogP contribution is -2.15.